The number of sulfonamides is 1. The van der Waals surface area contributed by atoms with Gasteiger partial charge in [0.1, 0.15) is 0 Å². The minimum atomic E-state index is -3.81. The zero-order valence-electron chi connectivity index (χ0n) is 9.13. The van der Waals surface area contributed by atoms with Gasteiger partial charge in [-0.05, 0) is 24.3 Å². The van der Waals surface area contributed by atoms with Gasteiger partial charge in [-0.25, -0.2) is 16.8 Å². The van der Waals surface area contributed by atoms with Crippen molar-refractivity contribution in [2.45, 2.75) is 0 Å². The second-order valence-electron chi connectivity index (χ2n) is 3.84. The Balaban J connectivity index is 2.21. The van der Waals surface area contributed by atoms with Gasteiger partial charge in [0, 0.05) is 10.7 Å². The molecule has 1 aliphatic rings. The fourth-order valence-electron chi connectivity index (χ4n) is 1.48. The van der Waals surface area contributed by atoms with E-state index in [0.717, 1.165) is 0 Å². The molecule has 0 bridgehead atoms. The van der Waals surface area contributed by atoms with Crippen LogP contribution >= 0.6 is 11.6 Å². The third-order valence-electron chi connectivity index (χ3n) is 2.37. The Morgan fingerprint density at radius 2 is 1.78 bits per heavy atom. The van der Waals surface area contributed by atoms with Crippen molar-refractivity contribution in [1.82, 2.24) is 0 Å². The maximum Gasteiger partial charge on any atom is 0.258 e. The summed E-state index contributed by atoms with van der Waals surface area (Å²) in [6.45, 7) is 0. The number of benzene rings is 1. The van der Waals surface area contributed by atoms with Crippen LogP contribution in [-0.2, 0) is 19.9 Å². The third-order valence-corrected chi connectivity index (χ3v) is 5.73. The summed E-state index contributed by atoms with van der Waals surface area (Å²) >= 11 is 5.68. The molecule has 98 valence electrons. The van der Waals surface area contributed by atoms with E-state index in [0.29, 0.717) is 10.7 Å². The van der Waals surface area contributed by atoms with Crippen LogP contribution in [0.15, 0.2) is 35.2 Å². The predicted octanol–water partition coefficient (Wildman–Crippen LogP) is 1.39. The molecule has 0 unspecified atom stereocenters. The van der Waals surface area contributed by atoms with Crippen molar-refractivity contribution >= 4 is 37.1 Å². The van der Waals surface area contributed by atoms with Crippen molar-refractivity contribution < 1.29 is 16.8 Å². The Morgan fingerprint density at radius 1 is 1.17 bits per heavy atom. The lowest BCUT2D eigenvalue weighted by Gasteiger charge is -2.08. The molecular weight excluding hydrogens is 298 g/mol. The monoisotopic (exact) mass is 307 g/mol. The number of sulfone groups is 1. The quantitative estimate of drug-likeness (QED) is 0.915. The molecule has 0 aliphatic carbocycles. The molecule has 0 amide bonds. The lowest BCUT2D eigenvalue weighted by molar-refractivity contribution is 0.599. The van der Waals surface area contributed by atoms with Gasteiger partial charge in [-0.3, -0.25) is 4.72 Å². The SMILES string of the molecule is O=S1(=O)CC=C(S(=O)(=O)Nc2ccc(Cl)cc2)C1. The van der Waals surface area contributed by atoms with Crippen molar-refractivity contribution in [3.8, 4) is 0 Å². The summed E-state index contributed by atoms with van der Waals surface area (Å²) in [5.41, 5.74) is 0.338. The molecule has 0 saturated heterocycles. The molecule has 1 aromatic rings. The molecule has 8 heteroatoms. The third kappa shape index (κ3) is 3.04. The van der Waals surface area contributed by atoms with Crippen LogP contribution in [0, 0.1) is 0 Å². The highest BCUT2D eigenvalue weighted by molar-refractivity contribution is 7.99. The Bertz CT molecular complexity index is 690. The van der Waals surface area contributed by atoms with Crippen LogP contribution in [0.5, 0.6) is 0 Å². The minimum Gasteiger partial charge on any atom is -0.280 e. The second-order valence-corrected chi connectivity index (χ2v) is 8.12. The summed E-state index contributed by atoms with van der Waals surface area (Å²) in [6.07, 6.45) is 1.22. The van der Waals surface area contributed by atoms with Crippen molar-refractivity contribution in [3.05, 3.63) is 40.3 Å². The van der Waals surface area contributed by atoms with E-state index in [1.54, 1.807) is 12.1 Å². The van der Waals surface area contributed by atoms with Gasteiger partial charge in [0.15, 0.2) is 9.84 Å². The predicted molar refractivity (Wildman–Crippen MR) is 70.7 cm³/mol. The first kappa shape index (κ1) is 13.4. The highest BCUT2D eigenvalue weighted by Gasteiger charge is 2.29. The molecule has 5 nitrogen and oxygen atoms in total. The Labute approximate surface area is 110 Å². The zero-order valence-corrected chi connectivity index (χ0v) is 11.5. The summed E-state index contributed by atoms with van der Waals surface area (Å²) < 4.78 is 48.5. The van der Waals surface area contributed by atoms with Crippen LogP contribution in [0.3, 0.4) is 0 Å². The van der Waals surface area contributed by atoms with E-state index in [9.17, 15) is 16.8 Å². The van der Waals surface area contributed by atoms with Crippen LogP contribution in [0.1, 0.15) is 0 Å². The minimum absolute atomic E-state index is 0.113. The van der Waals surface area contributed by atoms with E-state index >= 15 is 0 Å². The molecule has 1 heterocycles. The van der Waals surface area contributed by atoms with Gasteiger partial charge >= 0.3 is 0 Å². The average Bonchev–Trinajstić information content (AvgIpc) is 2.63. The molecule has 0 saturated carbocycles. The number of hydrogen-bond acceptors (Lipinski definition) is 4. The molecule has 0 atom stereocenters. The summed E-state index contributed by atoms with van der Waals surface area (Å²) in [7, 11) is -7.12. The topological polar surface area (TPSA) is 80.3 Å². The summed E-state index contributed by atoms with van der Waals surface area (Å²) in [5.74, 6) is -0.681. The van der Waals surface area contributed by atoms with E-state index in [4.69, 9.17) is 11.6 Å². The summed E-state index contributed by atoms with van der Waals surface area (Å²) in [5, 5.41) is 0.487. The van der Waals surface area contributed by atoms with Gasteiger partial charge in [0.05, 0.1) is 16.4 Å². The van der Waals surface area contributed by atoms with E-state index in [-0.39, 0.29) is 10.7 Å². The number of rotatable bonds is 3. The van der Waals surface area contributed by atoms with Crippen molar-refractivity contribution in [1.29, 1.82) is 0 Å². The first-order valence-corrected chi connectivity index (χ1v) is 8.65. The molecule has 2 rings (SSSR count). The van der Waals surface area contributed by atoms with Gasteiger partial charge in [-0.2, -0.15) is 0 Å². The summed E-state index contributed by atoms with van der Waals surface area (Å²) in [4.78, 5) is -0.113. The average molecular weight is 308 g/mol. The number of hydrogen-bond donors (Lipinski definition) is 1. The maximum atomic E-state index is 11.9. The van der Waals surface area contributed by atoms with E-state index in [1.807, 2.05) is 0 Å². The fraction of sp³-hybridized carbons (Fsp3) is 0.200. The van der Waals surface area contributed by atoms with Gasteiger partial charge in [-0.15, -0.1) is 0 Å². The van der Waals surface area contributed by atoms with E-state index < -0.39 is 25.6 Å². The molecule has 18 heavy (non-hydrogen) atoms. The molecule has 1 aliphatic heterocycles. The molecule has 0 spiro atoms. The molecule has 1 aromatic carbocycles. The lowest BCUT2D eigenvalue weighted by atomic mass is 10.3. The fourth-order valence-corrected chi connectivity index (χ4v) is 4.88. The molecule has 0 fully saturated rings. The molecule has 0 aromatic heterocycles. The largest absolute Gasteiger partial charge is 0.280 e. The first-order chi connectivity index (χ1) is 8.28. The number of nitrogens with one attached hydrogen (secondary N) is 1. The lowest BCUT2D eigenvalue weighted by Crippen LogP contribution is -2.17. The van der Waals surface area contributed by atoms with Crippen LogP contribution in [0.2, 0.25) is 5.02 Å². The van der Waals surface area contributed by atoms with Gasteiger partial charge < -0.3 is 0 Å². The van der Waals surface area contributed by atoms with Crippen LogP contribution in [-0.4, -0.2) is 28.3 Å². The number of halogens is 1. The van der Waals surface area contributed by atoms with E-state index in [2.05, 4.69) is 4.72 Å². The molecular formula is C10H10ClNO4S2. The van der Waals surface area contributed by atoms with Gasteiger partial charge in [0.25, 0.3) is 10.0 Å². The molecule has 0 radical (unpaired) electrons. The molecule has 1 N–H and O–H groups in total. The van der Waals surface area contributed by atoms with Crippen LogP contribution in [0.4, 0.5) is 5.69 Å². The normalized spacial score (nSPS) is 18.4. The van der Waals surface area contributed by atoms with Crippen molar-refractivity contribution in [2.24, 2.45) is 0 Å². The summed E-state index contributed by atoms with van der Waals surface area (Å²) in [6, 6.07) is 6.09. The second kappa shape index (κ2) is 4.56. The Morgan fingerprint density at radius 3 is 2.28 bits per heavy atom. The van der Waals surface area contributed by atoms with Gasteiger partial charge in [0.2, 0.25) is 0 Å². The van der Waals surface area contributed by atoms with Crippen LogP contribution < -0.4 is 4.72 Å². The van der Waals surface area contributed by atoms with Crippen molar-refractivity contribution in [3.63, 3.8) is 0 Å². The smallest absolute Gasteiger partial charge is 0.258 e. The number of anilines is 1. The standard InChI is InChI=1S/C10H10ClNO4S2/c11-8-1-3-9(4-2-8)12-18(15,16)10-5-6-17(13,14)7-10/h1-5,12H,6-7H2. The maximum absolute atomic E-state index is 11.9. The van der Waals surface area contributed by atoms with E-state index in [1.165, 1.54) is 18.2 Å². The Kier molecular flexibility index (Phi) is 3.39. The first-order valence-electron chi connectivity index (χ1n) is 4.96. The van der Waals surface area contributed by atoms with Gasteiger partial charge in [-0.1, -0.05) is 17.7 Å². The van der Waals surface area contributed by atoms with Crippen molar-refractivity contribution in [2.75, 3.05) is 16.2 Å². The highest BCUT2D eigenvalue weighted by Crippen LogP contribution is 2.21. The Hall–Kier alpha value is -1.05. The van der Waals surface area contributed by atoms with Crippen LogP contribution in [0.25, 0.3) is 0 Å². The highest BCUT2D eigenvalue weighted by atomic mass is 35.5. The zero-order chi connectivity index (χ0) is 13.4.